The molecule has 0 fully saturated rings. The molecule has 106 valence electrons. The van der Waals surface area contributed by atoms with Crippen LogP contribution in [0.1, 0.15) is 36.8 Å². The van der Waals surface area contributed by atoms with Gasteiger partial charge in [0.2, 0.25) is 5.82 Å². The van der Waals surface area contributed by atoms with Crippen molar-refractivity contribution >= 4 is 11.8 Å². The van der Waals surface area contributed by atoms with Gasteiger partial charge in [0.15, 0.2) is 0 Å². The number of ether oxygens (including phenoxy) is 1. The monoisotopic (exact) mass is 267 g/mol. The molecule has 1 atom stereocenters. The zero-order valence-corrected chi connectivity index (χ0v) is 11.4. The molecule has 19 heavy (non-hydrogen) atoms. The summed E-state index contributed by atoms with van der Waals surface area (Å²) in [5, 5.41) is 12.2. The van der Waals surface area contributed by atoms with E-state index >= 15 is 0 Å². The van der Waals surface area contributed by atoms with Crippen LogP contribution in [-0.4, -0.2) is 41.3 Å². The molecule has 0 aliphatic heterocycles. The van der Waals surface area contributed by atoms with Crippen LogP contribution in [0.3, 0.4) is 0 Å². The number of esters is 1. The third-order valence-corrected chi connectivity index (χ3v) is 2.83. The molecule has 0 bridgehead atoms. The van der Waals surface area contributed by atoms with E-state index in [-0.39, 0.29) is 12.4 Å². The smallest absolute Gasteiger partial charge is 0.376 e. The van der Waals surface area contributed by atoms with E-state index in [0.29, 0.717) is 18.3 Å². The van der Waals surface area contributed by atoms with Crippen molar-refractivity contribution in [3.63, 3.8) is 0 Å². The zero-order valence-electron chi connectivity index (χ0n) is 11.4. The van der Waals surface area contributed by atoms with Gasteiger partial charge in [-0.25, -0.2) is 14.8 Å². The lowest BCUT2D eigenvalue weighted by Crippen LogP contribution is -2.17. The Hall–Kier alpha value is -1.69. The number of hydrogen-bond donors (Lipinski definition) is 2. The van der Waals surface area contributed by atoms with Gasteiger partial charge in [-0.05, 0) is 24.8 Å². The summed E-state index contributed by atoms with van der Waals surface area (Å²) in [6.45, 7) is 3.01. The number of aliphatic hydroxyl groups excluding tert-OH is 1. The van der Waals surface area contributed by atoms with Gasteiger partial charge in [0.1, 0.15) is 5.82 Å². The van der Waals surface area contributed by atoms with Gasteiger partial charge in [-0.2, -0.15) is 0 Å². The summed E-state index contributed by atoms with van der Waals surface area (Å²) in [4.78, 5) is 19.2. The Bertz CT molecular complexity index is 392. The zero-order chi connectivity index (χ0) is 14.1. The highest BCUT2D eigenvalue weighted by molar-refractivity contribution is 5.85. The lowest BCUT2D eigenvalue weighted by Gasteiger charge is -2.16. The number of carbonyl (C=O) groups excluding carboxylic acids is 1. The first-order valence-electron chi connectivity index (χ1n) is 6.47. The number of hydrogen-bond acceptors (Lipinski definition) is 6. The second kappa shape index (κ2) is 8.42. The number of methoxy groups -OCH3 is 1. The molecule has 6 heteroatoms. The van der Waals surface area contributed by atoms with Gasteiger partial charge in [0.25, 0.3) is 0 Å². The van der Waals surface area contributed by atoms with Crippen molar-refractivity contribution in [1.82, 2.24) is 9.97 Å². The normalized spacial score (nSPS) is 11.9. The number of carbonyl (C=O) groups is 1. The molecule has 0 aromatic carbocycles. The van der Waals surface area contributed by atoms with E-state index in [1.165, 1.54) is 13.3 Å². The van der Waals surface area contributed by atoms with E-state index in [1.807, 2.05) is 0 Å². The Balaban J connectivity index is 2.58. The van der Waals surface area contributed by atoms with E-state index in [4.69, 9.17) is 5.11 Å². The molecule has 2 N–H and O–H groups in total. The molecule has 0 amide bonds. The fraction of sp³-hybridized carbons (Fsp3) is 0.615. The SMILES string of the molecule is CCCC(CCO)CNc1ccnc(C(=O)OC)n1. The first-order chi connectivity index (χ1) is 9.21. The molecule has 0 aliphatic carbocycles. The maximum absolute atomic E-state index is 11.3. The van der Waals surface area contributed by atoms with Crippen molar-refractivity contribution in [3.05, 3.63) is 18.1 Å². The van der Waals surface area contributed by atoms with E-state index in [2.05, 4.69) is 26.9 Å². The van der Waals surface area contributed by atoms with Crippen molar-refractivity contribution in [2.75, 3.05) is 25.6 Å². The molecule has 1 rings (SSSR count). The molecule has 0 radical (unpaired) electrons. The van der Waals surface area contributed by atoms with Crippen LogP contribution in [0.4, 0.5) is 5.82 Å². The molecule has 1 aromatic heterocycles. The second-order valence-electron chi connectivity index (χ2n) is 4.30. The first kappa shape index (κ1) is 15.4. The second-order valence-corrected chi connectivity index (χ2v) is 4.30. The Labute approximate surface area is 113 Å². The van der Waals surface area contributed by atoms with E-state index in [0.717, 1.165) is 19.3 Å². The highest BCUT2D eigenvalue weighted by Gasteiger charge is 2.11. The van der Waals surface area contributed by atoms with Crippen LogP contribution in [0.25, 0.3) is 0 Å². The predicted octanol–water partition coefficient (Wildman–Crippen LogP) is 1.47. The van der Waals surface area contributed by atoms with Crippen LogP contribution in [-0.2, 0) is 4.74 Å². The van der Waals surface area contributed by atoms with Gasteiger partial charge in [0.05, 0.1) is 7.11 Å². The summed E-state index contributed by atoms with van der Waals surface area (Å²) < 4.78 is 4.57. The Morgan fingerprint density at radius 3 is 2.95 bits per heavy atom. The molecule has 0 spiro atoms. The maximum Gasteiger partial charge on any atom is 0.376 e. The van der Waals surface area contributed by atoms with Gasteiger partial charge in [-0.15, -0.1) is 0 Å². The van der Waals surface area contributed by atoms with Gasteiger partial charge in [-0.1, -0.05) is 13.3 Å². The predicted molar refractivity (Wildman–Crippen MR) is 72.0 cm³/mol. The first-order valence-corrected chi connectivity index (χ1v) is 6.47. The average Bonchev–Trinajstić information content (AvgIpc) is 2.44. The summed E-state index contributed by atoms with van der Waals surface area (Å²) >= 11 is 0. The minimum atomic E-state index is -0.552. The molecule has 1 heterocycles. The molecular weight excluding hydrogens is 246 g/mol. The minimum Gasteiger partial charge on any atom is -0.463 e. The van der Waals surface area contributed by atoms with Crippen molar-refractivity contribution in [2.45, 2.75) is 26.2 Å². The highest BCUT2D eigenvalue weighted by atomic mass is 16.5. The average molecular weight is 267 g/mol. The topological polar surface area (TPSA) is 84.3 Å². The van der Waals surface area contributed by atoms with Gasteiger partial charge in [-0.3, -0.25) is 0 Å². The Kier molecular flexibility index (Phi) is 6.81. The summed E-state index contributed by atoms with van der Waals surface area (Å²) in [5.41, 5.74) is 0. The molecule has 6 nitrogen and oxygen atoms in total. The van der Waals surface area contributed by atoms with Crippen molar-refractivity contribution in [3.8, 4) is 0 Å². The van der Waals surface area contributed by atoms with Crippen molar-refractivity contribution < 1.29 is 14.6 Å². The van der Waals surface area contributed by atoms with Gasteiger partial charge < -0.3 is 15.2 Å². The largest absolute Gasteiger partial charge is 0.463 e. The summed E-state index contributed by atoms with van der Waals surface area (Å²) in [7, 11) is 1.30. The van der Waals surface area contributed by atoms with Crippen LogP contribution in [0.2, 0.25) is 0 Å². The van der Waals surface area contributed by atoms with E-state index in [1.54, 1.807) is 6.07 Å². The number of nitrogens with zero attached hydrogens (tertiary/aromatic N) is 2. The van der Waals surface area contributed by atoms with Gasteiger partial charge in [0, 0.05) is 19.3 Å². The van der Waals surface area contributed by atoms with Gasteiger partial charge >= 0.3 is 5.97 Å². The number of aromatic nitrogens is 2. The Morgan fingerprint density at radius 2 is 2.32 bits per heavy atom. The minimum absolute atomic E-state index is 0.0432. The van der Waals surface area contributed by atoms with Crippen molar-refractivity contribution in [2.24, 2.45) is 5.92 Å². The lowest BCUT2D eigenvalue weighted by molar-refractivity contribution is 0.0587. The third kappa shape index (κ3) is 5.21. The third-order valence-electron chi connectivity index (χ3n) is 2.83. The van der Waals surface area contributed by atoms with Crippen LogP contribution in [0.15, 0.2) is 12.3 Å². The maximum atomic E-state index is 11.3. The molecule has 1 unspecified atom stereocenters. The molecule has 0 saturated heterocycles. The standard InChI is InChI=1S/C13H21N3O3/c1-3-4-10(6-8-17)9-15-11-5-7-14-12(16-11)13(18)19-2/h5,7,10,17H,3-4,6,8-9H2,1-2H3,(H,14,15,16). The molecule has 0 aliphatic rings. The van der Waals surface area contributed by atoms with Crippen molar-refractivity contribution in [1.29, 1.82) is 0 Å². The number of anilines is 1. The number of nitrogens with one attached hydrogen (secondary N) is 1. The molecular formula is C13H21N3O3. The van der Waals surface area contributed by atoms with Crippen LogP contribution in [0, 0.1) is 5.92 Å². The number of aliphatic hydroxyl groups is 1. The van der Waals surface area contributed by atoms with Crippen LogP contribution >= 0.6 is 0 Å². The van der Waals surface area contributed by atoms with Crippen LogP contribution < -0.4 is 5.32 Å². The number of rotatable bonds is 8. The Morgan fingerprint density at radius 1 is 1.53 bits per heavy atom. The summed E-state index contributed by atoms with van der Waals surface area (Å²) in [6, 6.07) is 1.70. The highest BCUT2D eigenvalue weighted by Crippen LogP contribution is 2.12. The molecule has 0 saturated carbocycles. The summed E-state index contributed by atoms with van der Waals surface area (Å²) in [5.74, 6) is 0.479. The summed E-state index contributed by atoms with van der Waals surface area (Å²) in [6.07, 6.45) is 4.39. The lowest BCUT2D eigenvalue weighted by atomic mass is 10.0. The van der Waals surface area contributed by atoms with E-state index in [9.17, 15) is 4.79 Å². The fourth-order valence-corrected chi connectivity index (χ4v) is 1.83. The quantitative estimate of drug-likeness (QED) is 0.694. The van der Waals surface area contributed by atoms with E-state index < -0.39 is 5.97 Å². The fourth-order valence-electron chi connectivity index (χ4n) is 1.83. The molecule has 1 aromatic rings. The van der Waals surface area contributed by atoms with Crippen LogP contribution in [0.5, 0.6) is 0 Å².